The highest BCUT2D eigenvalue weighted by atomic mass is 79.9. The molecule has 0 aliphatic heterocycles. The molecule has 1 aromatic carbocycles. The molecule has 0 aliphatic carbocycles. The van der Waals surface area contributed by atoms with Crippen LogP contribution < -0.4 is 5.73 Å². The molecule has 72 valence electrons. The highest BCUT2D eigenvalue weighted by Gasteiger charge is 2.15. The molecule has 0 amide bonds. The van der Waals surface area contributed by atoms with E-state index in [2.05, 4.69) is 15.9 Å². The summed E-state index contributed by atoms with van der Waals surface area (Å²) in [5.74, 6) is 0.0998. The second-order valence-corrected chi connectivity index (χ2v) is 3.89. The van der Waals surface area contributed by atoms with Crippen molar-refractivity contribution in [3.63, 3.8) is 0 Å². The molecule has 0 aliphatic rings. The molecule has 0 saturated carbocycles. The zero-order valence-electron chi connectivity index (χ0n) is 7.24. The van der Waals surface area contributed by atoms with Crippen LogP contribution in [0.25, 0.3) is 0 Å². The van der Waals surface area contributed by atoms with E-state index in [0.717, 1.165) is 4.47 Å². The lowest BCUT2D eigenvalue weighted by molar-refractivity contribution is 0.163. The Labute approximate surface area is 85.3 Å². The first kappa shape index (κ1) is 10.5. The van der Waals surface area contributed by atoms with E-state index in [1.54, 1.807) is 25.1 Å². The van der Waals surface area contributed by atoms with E-state index >= 15 is 0 Å². The summed E-state index contributed by atoms with van der Waals surface area (Å²) in [7, 11) is 0. The monoisotopic (exact) mass is 245 g/mol. The number of nitrogens with two attached hydrogens (primary N) is 1. The molecule has 1 rings (SSSR count). The Morgan fingerprint density at radius 1 is 1.46 bits per heavy atom. The molecule has 3 nitrogen and oxygen atoms in total. The first-order chi connectivity index (χ1) is 6.02. The highest BCUT2D eigenvalue weighted by Crippen LogP contribution is 2.27. The van der Waals surface area contributed by atoms with E-state index in [4.69, 9.17) is 5.73 Å². The zero-order chi connectivity index (χ0) is 10.0. The number of aromatic hydroxyl groups is 1. The summed E-state index contributed by atoms with van der Waals surface area (Å²) in [4.78, 5) is 0. The van der Waals surface area contributed by atoms with E-state index in [-0.39, 0.29) is 5.75 Å². The summed E-state index contributed by atoms with van der Waals surface area (Å²) in [6.07, 6.45) is -0.674. The Hall–Kier alpha value is -0.580. The molecule has 2 atom stereocenters. The molecule has 0 unspecified atom stereocenters. The number of hydrogen-bond acceptors (Lipinski definition) is 3. The smallest absolute Gasteiger partial charge is 0.121 e. The minimum absolute atomic E-state index is 0.0998. The van der Waals surface area contributed by atoms with Gasteiger partial charge in [0.1, 0.15) is 5.75 Å². The minimum atomic E-state index is -0.674. The Kier molecular flexibility index (Phi) is 3.30. The first-order valence-electron chi connectivity index (χ1n) is 3.94. The molecule has 4 heteroatoms. The van der Waals surface area contributed by atoms with Gasteiger partial charge in [-0.3, -0.25) is 0 Å². The fourth-order valence-corrected chi connectivity index (χ4v) is 1.41. The van der Waals surface area contributed by atoms with Gasteiger partial charge in [-0.2, -0.15) is 0 Å². The number of benzene rings is 1. The lowest BCUT2D eigenvalue weighted by Gasteiger charge is -2.16. The summed E-state index contributed by atoms with van der Waals surface area (Å²) in [5, 5.41) is 18.7. The van der Waals surface area contributed by atoms with Crippen LogP contribution in [0.4, 0.5) is 0 Å². The van der Waals surface area contributed by atoms with Gasteiger partial charge in [0, 0.05) is 10.0 Å². The molecule has 0 aromatic heterocycles. The van der Waals surface area contributed by atoms with Crippen LogP contribution in [0.15, 0.2) is 22.7 Å². The van der Waals surface area contributed by atoms with Gasteiger partial charge in [0.05, 0.1) is 12.1 Å². The second kappa shape index (κ2) is 4.09. The average Bonchev–Trinajstić information content (AvgIpc) is 2.03. The predicted molar refractivity (Wildman–Crippen MR) is 54.4 cm³/mol. The number of phenolic OH excluding ortho intramolecular Hbond substituents is 1. The third-order valence-electron chi connectivity index (χ3n) is 1.87. The van der Waals surface area contributed by atoms with Crippen LogP contribution in [0.3, 0.4) is 0 Å². The van der Waals surface area contributed by atoms with E-state index in [0.29, 0.717) is 5.56 Å². The van der Waals surface area contributed by atoms with Crippen LogP contribution >= 0.6 is 15.9 Å². The fraction of sp³-hybridized carbons (Fsp3) is 0.333. The molecule has 1 aromatic rings. The van der Waals surface area contributed by atoms with Gasteiger partial charge < -0.3 is 15.9 Å². The molecule has 4 N–H and O–H groups in total. The maximum atomic E-state index is 9.49. The first-order valence-corrected chi connectivity index (χ1v) is 4.73. The number of aliphatic hydroxyl groups is 1. The summed E-state index contributed by atoms with van der Waals surface area (Å²) >= 11 is 3.22. The maximum Gasteiger partial charge on any atom is 0.121 e. The zero-order valence-corrected chi connectivity index (χ0v) is 8.82. The molecule has 13 heavy (non-hydrogen) atoms. The van der Waals surface area contributed by atoms with Crippen molar-refractivity contribution in [2.45, 2.75) is 19.1 Å². The van der Waals surface area contributed by atoms with Crippen molar-refractivity contribution in [3.05, 3.63) is 28.2 Å². The van der Waals surface area contributed by atoms with Gasteiger partial charge in [-0.25, -0.2) is 0 Å². The van der Waals surface area contributed by atoms with Crippen LogP contribution in [0.1, 0.15) is 18.5 Å². The predicted octanol–water partition coefficient (Wildman–Crippen LogP) is 1.54. The van der Waals surface area contributed by atoms with Crippen molar-refractivity contribution in [2.75, 3.05) is 0 Å². The van der Waals surface area contributed by atoms with Gasteiger partial charge in [-0.1, -0.05) is 22.0 Å². The van der Waals surface area contributed by atoms with Gasteiger partial charge in [0.15, 0.2) is 0 Å². The number of hydrogen-bond donors (Lipinski definition) is 3. The molecule has 0 spiro atoms. The van der Waals surface area contributed by atoms with Gasteiger partial charge in [0.2, 0.25) is 0 Å². The Balaban J connectivity index is 3.01. The van der Waals surface area contributed by atoms with E-state index in [9.17, 15) is 10.2 Å². The Bertz CT molecular complexity index is 302. The van der Waals surface area contributed by atoms with Crippen molar-refractivity contribution in [2.24, 2.45) is 5.73 Å². The van der Waals surface area contributed by atoms with Crippen molar-refractivity contribution in [1.82, 2.24) is 0 Å². The van der Waals surface area contributed by atoms with Gasteiger partial charge in [-0.05, 0) is 19.1 Å². The summed E-state index contributed by atoms with van der Waals surface area (Å²) in [6, 6.07) is 4.47. The van der Waals surface area contributed by atoms with Crippen molar-refractivity contribution in [3.8, 4) is 5.75 Å². The second-order valence-electron chi connectivity index (χ2n) is 2.97. The molecule has 0 fully saturated rings. The fourth-order valence-electron chi connectivity index (χ4n) is 1.06. The summed E-state index contributed by atoms with van der Waals surface area (Å²) in [6.45, 7) is 1.59. The number of aliphatic hydroxyl groups excluding tert-OH is 1. The lowest BCUT2D eigenvalue weighted by atomic mass is 10.0. The average molecular weight is 246 g/mol. The van der Waals surface area contributed by atoms with Crippen LogP contribution in [-0.4, -0.2) is 16.3 Å². The number of rotatable bonds is 2. The van der Waals surface area contributed by atoms with Crippen LogP contribution in [-0.2, 0) is 0 Å². The van der Waals surface area contributed by atoms with Crippen molar-refractivity contribution in [1.29, 1.82) is 0 Å². The maximum absolute atomic E-state index is 9.49. The minimum Gasteiger partial charge on any atom is -0.508 e. The SMILES string of the molecule is C[C@H](O)[C@H](N)c1ccc(Br)cc1O. The largest absolute Gasteiger partial charge is 0.508 e. The molecule has 0 bridgehead atoms. The highest BCUT2D eigenvalue weighted by molar-refractivity contribution is 9.10. The van der Waals surface area contributed by atoms with E-state index in [1.807, 2.05) is 0 Å². The number of phenols is 1. The quantitative estimate of drug-likeness (QED) is 0.741. The third-order valence-corrected chi connectivity index (χ3v) is 2.36. The summed E-state index contributed by atoms with van der Waals surface area (Å²) in [5.41, 5.74) is 6.22. The molecule has 0 radical (unpaired) electrons. The number of halogens is 1. The Morgan fingerprint density at radius 3 is 2.54 bits per heavy atom. The summed E-state index contributed by atoms with van der Waals surface area (Å²) < 4.78 is 0.784. The van der Waals surface area contributed by atoms with E-state index in [1.165, 1.54) is 0 Å². The van der Waals surface area contributed by atoms with E-state index < -0.39 is 12.1 Å². The normalized spacial score (nSPS) is 15.4. The molecular weight excluding hydrogens is 234 g/mol. The van der Waals surface area contributed by atoms with Crippen molar-refractivity contribution < 1.29 is 10.2 Å². The van der Waals surface area contributed by atoms with Gasteiger partial charge >= 0.3 is 0 Å². The standard InChI is InChI=1S/C9H12BrNO2/c1-5(12)9(11)7-3-2-6(10)4-8(7)13/h2-5,9,12-13H,11H2,1H3/t5-,9-/m0/s1. The van der Waals surface area contributed by atoms with Crippen molar-refractivity contribution >= 4 is 15.9 Å². The van der Waals surface area contributed by atoms with Crippen LogP contribution in [0.2, 0.25) is 0 Å². The Morgan fingerprint density at radius 2 is 2.08 bits per heavy atom. The molecule has 0 heterocycles. The molecular formula is C9H12BrNO2. The third kappa shape index (κ3) is 2.43. The van der Waals surface area contributed by atoms with Gasteiger partial charge in [0.25, 0.3) is 0 Å². The topological polar surface area (TPSA) is 66.5 Å². The van der Waals surface area contributed by atoms with Crippen LogP contribution in [0.5, 0.6) is 5.75 Å². The molecule has 0 saturated heterocycles. The lowest BCUT2D eigenvalue weighted by Crippen LogP contribution is -2.23. The van der Waals surface area contributed by atoms with Gasteiger partial charge in [-0.15, -0.1) is 0 Å². The van der Waals surface area contributed by atoms with Crippen LogP contribution in [0, 0.1) is 0 Å².